The fraction of sp³-hybridized carbons (Fsp3) is 0.462. The fourth-order valence-corrected chi connectivity index (χ4v) is 3.06. The van der Waals surface area contributed by atoms with Crippen molar-refractivity contribution in [2.24, 2.45) is 5.10 Å². The number of rotatable bonds is 6. The lowest BCUT2D eigenvalue weighted by Gasteiger charge is -2.35. The summed E-state index contributed by atoms with van der Waals surface area (Å²) in [6.45, 7) is -1.22. The molecule has 0 radical (unpaired) electrons. The molecule has 116 valence electrons. The van der Waals surface area contributed by atoms with E-state index in [1.165, 1.54) is 0 Å². The molecule has 1 aliphatic rings. The van der Waals surface area contributed by atoms with Crippen LogP contribution >= 0.6 is 11.8 Å². The second kappa shape index (κ2) is 6.73. The minimum atomic E-state index is -1.62. The molecule has 0 spiro atoms. The molecule has 0 fully saturated rings. The number of hydrogen-bond acceptors (Lipinski definition) is 8. The van der Waals surface area contributed by atoms with Gasteiger partial charge in [0.1, 0.15) is 23.4 Å². The number of hydrogen-bond donors (Lipinski definition) is 6. The maximum Gasteiger partial charge on any atom is 0.157 e. The minimum Gasteiger partial charge on any atom is -0.394 e. The number of aliphatic hydroxyl groups is 5. The Balaban J connectivity index is 2.15. The van der Waals surface area contributed by atoms with E-state index in [0.29, 0.717) is 5.04 Å². The summed E-state index contributed by atoms with van der Waals surface area (Å²) in [6.07, 6.45) is -4.65. The predicted octanol–water partition coefficient (Wildman–Crippen LogP) is -1.55. The molecule has 1 aromatic carbocycles. The summed E-state index contributed by atoms with van der Waals surface area (Å²) in [6, 6.07) is 9.17. The molecule has 7 nitrogen and oxygen atoms in total. The number of hydrazone groups is 1. The zero-order valence-electron chi connectivity index (χ0n) is 11.1. The van der Waals surface area contributed by atoms with E-state index in [2.05, 4.69) is 10.5 Å². The molecular formula is C13H18N2O5S. The Bertz CT molecular complexity index is 501. The van der Waals surface area contributed by atoms with Crippen molar-refractivity contribution in [2.75, 3.05) is 13.2 Å². The van der Waals surface area contributed by atoms with Crippen molar-refractivity contribution >= 4 is 16.8 Å². The van der Waals surface area contributed by atoms with Gasteiger partial charge in [-0.25, -0.2) is 0 Å². The molecule has 0 unspecified atom stereocenters. The molecule has 0 aromatic heterocycles. The number of benzene rings is 1. The summed E-state index contributed by atoms with van der Waals surface area (Å²) in [5.74, 6) is 0. The topological polar surface area (TPSA) is 126 Å². The van der Waals surface area contributed by atoms with Crippen LogP contribution in [-0.2, 0) is 0 Å². The molecule has 0 amide bonds. The van der Waals surface area contributed by atoms with Crippen LogP contribution in [0, 0.1) is 0 Å². The normalized spacial score (nSPS) is 25.9. The Kier molecular flexibility index (Phi) is 5.20. The highest BCUT2D eigenvalue weighted by Gasteiger charge is 2.48. The van der Waals surface area contributed by atoms with E-state index in [4.69, 9.17) is 5.11 Å². The first kappa shape index (κ1) is 16.2. The van der Waals surface area contributed by atoms with Crippen molar-refractivity contribution in [3.8, 4) is 0 Å². The third kappa shape index (κ3) is 3.20. The number of thioether (sulfide) groups is 1. The van der Waals surface area contributed by atoms with Crippen molar-refractivity contribution in [3.05, 3.63) is 35.9 Å². The highest BCUT2D eigenvalue weighted by molar-refractivity contribution is 8.15. The van der Waals surface area contributed by atoms with Crippen molar-refractivity contribution in [3.63, 3.8) is 0 Å². The second-order valence-corrected chi connectivity index (χ2v) is 6.05. The molecule has 0 bridgehead atoms. The van der Waals surface area contributed by atoms with Gasteiger partial charge in [-0.3, -0.25) is 5.43 Å². The molecule has 0 saturated carbocycles. The van der Waals surface area contributed by atoms with Gasteiger partial charge in [0.05, 0.1) is 13.2 Å². The Morgan fingerprint density at radius 2 is 1.81 bits per heavy atom. The molecule has 1 heterocycles. The van der Waals surface area contributed by atoms with E-state index < -0.39 is 36.4 Å². The maximum absolute atomic E-state index is 10.2. The Hall–Kier alpha value is -1.16. The van der Waals surface area contributed by atoms with Crippen molar-refractivity contribution < 1.29 is 25.5 Å². The van der Waals surface area contributed by atoms with Gasteiger partial charge >= 0.3 is 0 Å². The van der Waals surface area contributed by atoms with Gasteiger partial charge in [0.2, 0.25) is 0 Å². The highest BCUT2D eigenvalue weighted by atomic mass is 32.2. The minimum absolute atomic E-state index is 0.520. The van der Waals surface area contributed by atoms with E-state index in [0.717, 1.165) is 17.3 Å². The molecule has 1 aliphatic heterocycles. The van der Waals surface area contributed by atoms with Gasteiger partial charge in [-0.15, -0.1) is 0 Å². The SMILES string of the molecule is OC[C@H](O)[C@H](O)[C@@H](O)[C@@]1(CO)NN=C(c2ccccc2)S1. The van der Waals surface area contributed by atoms with Crippen LogP contribution in [0.4, 0.5) is 0 Å². The lowest BCUT2D eigenvalue weighted by molar-refractivity contribution is -0.0969. The average molecular weight is 314 g/mol. The zero-order chi connectivity index (χ0) is 15.5. The van der Waals surface area contributed by atoms with Crippen LogP contribution in [0.25, 0.3) is 0 Å². The van der Waals surface area contributed by atoms with Crippen LogP contribution in [0.2, 0.25) is 0 Å². The van der Waals surface area contributed by atoms with Crippen LogP contribution in [0.3, 0.4) is 0 Å². The first-order chi connectivity index (χ1) is 10.0. The summed E-state index contributed by atoms with van der Waals surface area (Å²) >= 11 is 1.06. The Morgan fingerprint density at radius 3 is 2.38 bits per heavy atom. The first-order valence-electron chi connectivity index (χ1n) is 6.39. The van der Waals surface area contributed by atoms with Gasteiger partial charge in [-0.05, 0) is 0 Å². The summed E-state index contributed by atoms with van der Waals surface area (Å²) in [5.41, 5.74) is 3.43. The first-order valence-corrected chi connectivity index (χ1v) is 7.21. The van der Waals surface area contributed by atoms with Crippen LogP contribution in [0.15, 0.2) is 35.4 Å². The van der Waals surface area contributed by atoms with Crippen molar-refractivity contribution in [1.29, 1.82) is 0 Å². The van der Waals surface area contributed by atoms with Gasteiger partial charge in [0.15, 0.2) is 4.87 Å². The lowest BCUT2D eigenvalue weighted by Crippen LogP contribution is -2.58. The molecule has 0 saturated heterocycles. The van der Waals surface area contributed by atoms with E-state index >= 15 is 0 Å². The van der Waals surface area contributed by atoms with Gasteiger partial charge in [0, 0.05) is 5.56 Å². The second-order valence-electron chi connectivity index (χ2n) is 4.73. The highest BCUT2D eigenvalue weighted by Crippen LogP contribution is 2.36. The van der Waals surface area contributed by atoms with Gasteiger partial charge in [-0.2, -0.15) is 5.10 Å². The van der Waals surface area contributed by atoms with E-state index in [9.17, 15) is 20.4 Å². The van der Waals surface area contributed by atoms with E-state index in [1.807, 2.05) is 30.3 Å². The summed E-state index contributed by atoms with van der Waals surface area (Å²) in [5, 5.41) is 52.5. The van der Waals surface area contributed by atoms with Crippen LogP contribution in [-0.4, -0.2) is 67.0 Å². The number of nitrogens with zero attached hydrogens (tertiary/aromatic N) is 1. The summed E-state index contributed by atoms with van der Waals surface area (Å²) in [4.78, 5) is -1.37. The third-order valence-electron chi connectivity index (χ3n) is 3.26. The van der Waals surface area contributed by atoms with Crippen molar-refractivity contribution in [1.82, 2.24) is 5.43 Å². The molecule has 1 aromatic rings. The van der Waals surface area contributed by atoms with Crippen LogP contribution in [0.1, 0.15) is 5.56 Å². The largest absolute Gasteiger partial charge is 0.394 e. The number of nitrogens with one attached hydrogen (secondary N) is 1. The van der Waals surface area contributed by atoms with E-state index in [1.54, 1.807) is 0 Å². The zero-order valence-corrected chi connectivity index (χ0v) is 11.9. The average Bonchev–Trinajstić information content (AvgIpc) is 2.99. The molecule has 0 aliphatic carbocycles. The smallest absolute Gasteiger partial charge is 0.157 e. The molecule has 6 N–H and O–H groups in total. The number of aliphatic hydroxyl groups excluding tert-OH is 5. The Morgan fingerprint density at radius 1 is 1.14 bits per heavy atom. The molecule has 8 heteroatoms. The summed E-state index contributed by atoms with van der Waals surface area (Å²) < 4.78 is 0. The Labute approximate surface area is 125 Å². The van der Waals surface area contributed by atoms with Gasteiger partial charge in [-0.1, -0.05) is 42.1 Å². The van der Waals surface area contributed by atoms with Gasteiger partial charge < -0.3 is 25.5 Å². The van der Waals surface area contributed by atoms with E-state index in [-0.39, 0.29) is 0 Å². The van der Waals surface area contributed by atoms with Crippen LogP contribution in [0.5, 0.6) is 0 Å². The molecule has 4 atom stereocenters. The third-order valence-corrected chi connectivity index (χ3v) is 4.61. The quantitative estimate of drug-likeness (QED) is 0.375. The lowest BCUT2D eigenvalue weighted by atomic mass is 10.0. The molecule has 21 heavy (non-hydrogen) atoms. The van der Waals surface area contributed by atoms with Crippen molar-refractivity contribution in [2.45, 2.75) is 23.2 Å². The monoisotopic (exact) mass is 314 g/mol. The van der Waals surface area contributed by atoms with Gasteiger partial charge in [0.25, 0.3) is 0 Å². The van der Waals surface area contributed by atoms with Crippen LogP contribution < -0.4 is 5.43 Å². The summed E-state index contributed by atoms with van der Waals surface area (Å²) in [7, 11) is 0. The molecule has 2 rings (SSSR count). The fourth-order valence-electron chi connectivity index (χ4n) is 1.95. The maximum atomic E-state index is 10.2. The molecular weight excluding hydrogens is 296 g/mol. The standard InChI is InChI=1S/C13H18N2O5S/c16-6-9(18)10(19)11(20)13(7-17)15-14-12(21-13)8-4-2-1-3-5-8/h1-5,9-11,15-20H,6-7H2/t9-,10-,11+,13-/m0/s1. The predicted molar refractivity (Wildman–Crippen MR) is 78.6 cm³/mol.